The van der Waals surface area contributed by atoms with Crippen molar-refractivity contribution in [1.29, 1.82) is 0 Å². The monoisotopic (exact) mass is 251 g/mol. The zero-order valence-electron chi connectivity index (χ0n) is 9.34. The molecule has 0 aliphatic rings. The molecule has 0 saturated carbocycles. The number of carbonyl (C=O) groups is 1. The van der Waals surface area contributed by atoms with Crippen LogP contribution in [0.15, 0.2) is 24.3 Å². The van der Waals surface area contributed by atoms with E-state index >= 15 is 0 Å². The zero-order valence-corrected chi connectivity index (χ0v) is 10.2. The van der Waals surface area contributed by atoms with Crippen LogP contribution in [0.4, 0.5) is 5.13 Å². The van der Waals surface area contributed by atoms with E-state index in [1.165, 1.54) is 18.4 Å². The van der Waals surface area contributed by atoms with Gasteiger partial charge in [0.1, 0.15) is 6.10 Å². The van der Waals surface area contributed by atoms with E-state index in [-0.39, 0.29) is 12.5 Å². The molecule has 0 aliphatic heterocycles. The van der Waals surface area contributed by atoms with Crippen LogP contribution >= 0.6 is 11.3 Å². The first-order valence-corrected chi connectivity index (χ1v) is 5.95. The second-order valence-corrected chi connectivity index (χ2v) is 4.47. The van der Waals surface area contributed by atoms with Gasteiger partial charge >= 0.3 is 0 Å². The van der Waals surface area contributed by atoms with Crippen LogP contribution in [-0.2, 0) is 9.53 Å². The summed E-state index contributed by atoms with van der Waals surface area (Å²) in [6, 6.07) is 7.70. The highest BCUT2D eigenvalue weighted by atomic mass is 32.1. The summed E-state index contributed by atoms with van der Waals surface area (Å²) in [5.41, 5.74) is 6.28. The maximum atomic E-state index is 11.7. The van der Waals surface area contributed by atoms with E-state index in [2.05, 4.69) is 10.3 Å². The van der Waals surface area contributed by atoms with Gasteiger partial charge in [0.05, 0.1) is 10.2 Å². The summed E-state index contributed by atoms with van der Waals surface area (Å²) >= 11 is 1.42. The molecule has 2 aromatic rings. The summed E-state index contributed by atoms with van der Waals surface area (Å²) in [7, 11) is 1.45. The van der Waals surface area contributed by atoms with Gasteiger partial charge in [-0.2, -0.15) is 0 Å². The first-order chi connectivity index (χ1) is 8.24. The smallest absolute Gasteiger partial charge is 0.256 e. The molecule has 2 rings (SSSR count). The third-order valence-electron chi connectivity index (χ3n) is 2.32. The minimum atomic E-state index is -0.637. The first kappa shape index (κ1) is 12.0. The van der Waals surface area contributed by atoms with E-state index in [1.54, 1.807) is 0 Å². The summed E-state index contributed by atoms with van der Waals surface area (Å²) in [6.45, 7) is 0.146. The Balaban J connectivity index is 2.15. The lowest BCUT2D eigenvalue weighted by Gasteiger charge is -2.10. The van der Waals surface area contributed by atoms with E-state index in [1.807, 2.05) is 24.3 Å². The maximum Gasteiger partial charge on any atom is 0.256 e. The Kier molecular flexibility index (Phi) is 3.68. The quantitative estimate of drug-likeness (QED) is 0.856. The van der Waals surface area contributed by atoms with Crippen molar-refractivity contribution in [2.45, 2.75) is 6.10 Å². The third-order valence-corrected chi connectivity index (χ3v) is 3.27. The number of nitrogens with zero attached hydrogens (tertiary/aromatic N) is 1. The molecule has 0 saturated heterocycles. The lowest BCUT2D eigenvalue weighted by Crippen LogP contribution is -2.35. The fourth-order valence-electron chi connectivity index (χ4n) is 1.42. The van der Waals surface area contributed by atoms with Crippen molar-refractivity contribution < 1.29 is 9.53 Å². The normalized spacial score (nSPS) is 12.6. The molecule has 1 aromatic heterocycles. The molecule has 5 nitrogen and oxygen atoms in total. The Morgan fingerprint density at radius 1 is 1.59 bits per heavy atom. The largest absolute Gasteiger partial charge is 0.370 e. The SMILES string of the molecule is COC(CN)C(=O)Nc1nc2ccccc2s1. The molecule has 0 fully saturated rings. The van der Waals surface area contributed by atoms with Crippen LogP contribution in [0.3, 0.4) is 0 Å². The predicted octanol–water partition coefficient (Wildman–Crippen LogP) is 1.21. The average molecular weight is 251 g/mol. The fraction of sp³-hybridized carbons (Fsp3) is 0.273. The Labute approximate surface area is 103 Å². The number of anilines is 1. The van der Waals surface area contributed by atoms with Crippen molar-refractivity contribution in [2.75, 3.05) is 19.0 Å². The molecule has 1 heterocycles. The molecule has 0 spiro atoms. The first-order valence-electron chi connectivity index (χ1n) is 5.14. The van der Waals surface area contributed by atoms with Gasteiger partial charge in [-0.25, -0.2) is 4.98 Å². The van der Waals surface area contributed by atoms with E-state index in [0.29, 0.717) is 5.13 Å². The minimum absolute atomic E-state index is 0.146. The maximum absolute atomic E-state index is 11.7. The Morgan fingerprint density at radius 2 is 2.35 bits per heavy atom. The number of ether oxygens (including phenoxy) is 1. The molecular formula is C11H13N3O2S. The van der Waals surface area contributed by atoms with Crippen molar-refractivity contribution in [3.8, 4) is 0 Å². The number of fused-ring (bicyclic) bond motifs is 1. The standard InChI is InChI=1S/C11H13N3O2S/c1-16-8(6-12)10(15)14-11-13-7-4-2-3-5-9(7)17-11/h2-5,8H,6,12H2,1H3,(H,13,14,15). The van der Waals surface area contributed by atoms with Gasteiger partial charge in [-0.15, -0.1) is 0 Å². The number of hydrogen-bond acceptors (Lipinski definition) is 5. The lowest BCUT2D eigenvalue weighted by atomic mass is 10.3. The second-order valence-electron chi connectivity index (χ2n) is 3.44. The number of hydrogen-bond donors (Lipinski definition) is 2. The number of rotatable bonds is 4. The Morgan fingerprint density at radius 3 is 3.00 bits per heavy atom. The molecule has 1 aromatic carbocycles. The number of nitrogens with two attached hydrogens (primary N) is 1. The highest BCUT2D eigenvalue weighted by Gasteiger charge is 2.17. The lowest BCUT2D eigenvalue weighted by molar-refractivity contribution is -0.125. The van der Waals surface area contributed by atoms with E-state index in [0.717, 1.165) is 10.2 Å². The summed E-state index contributed by atoms with van der Waals surface area (Å²) in [4.78, 5) is 16.0. The molecule has 0 bridgehead atoms. The number of carbonyl (C=O) groups excluding carboxylic acids is 1. The van der Waals surface area contributed by atoms with Crippen LogP contribution in [0, 0.1) is 0 Å². The number of methoxy groups -OCH3 is 1. The summed E-state index contributed by atoms with van der Waals surface area (Å²) in [6.07, 6.45) is -0.637. The number of benzene rings is 1. The van der Waals surface area contributed by atoms with Gasteiger partial charge < -0.3 is 10.5 Å². The Hall–Kier alpha value is -1.50. The van der Waals surface area contributed by atoms with E-state index < -0.39 is 6.10 Å². The van der Waals surface area contributed by atoms with Crippen LogP contribution in [-0.4, -0.2) is 30.6 Å². The minimum Gasteiger partial charge on any atom is -0.370 e. The number of para-hydroxylation sites is 1. The molecule has 6 heteroatoms. The van der Waals surface area contributed by atoms with Crippen molar-refractivity contribution in [3.05, 3.63) is 24.3 Å². The summed E-state index contributed by atoms with van der Waals surface area (Å²) in [5, 5.41) is 3.26. The van der Waals surface area contributed by atoms with Crippen molar-refractivity contribution in [1.82, 2.24) is 4.98 Å². The van der Waals surface area contributed by atoms with Crippen molar-refractivity contribution >= 4 is 32.6 Å². The van der Waals surface area contributed by atoms with Gasteiger partial charge in [-0.1, -0.05) is 23.5 Å². The molecule has 3 N–H and O–H groups in total. The van der Waals surface area contributed by atoms with E-state index in [4.69, 9.17) is 10.5 Å². The molecule has 1 unspecified atom stereocenters. The van der Waals surface area contributed by atoms with Gasteiger partial charge in [-0.05, 0) is 12.1 Å². The highest BCUT2D eigenvalue weighted by molar-refractivity contribution is 7.22. The summed E-state index contributed by atoms with van der Waals surface area (Å²) < 4.78 is 5.98. The molecule has 0 aliphatic carbocycles. The van der Waals surface area contributed by atoms with Gasteiger partial charge in [-0.3, -0.25) is 10.1 Å². The highest BCUT2D eigenvalue weighted by Crippen LogP contribution is 2.25. The fourth-order valence-corrected chi connectivity index (χ4v) is 2.29. The number of amides is 1. The van der Waals surface area contributed by atoms with E-state index in [9.17, 15) is 4.79 Å². The van der Waals surface area contributed by atoms with Gasteiger partial charge in [0.15, 0.2) is 5.13 Å². The van der Waals surface area contributed by atoms with Gasteiger partial charge in [0, 0.05) is 13.7 Å². The average Bonchev–Trinajstić information content (AvgIpc) is 2.72. The number of thiazole rings is 1. The van der Waals surface area contributed by atoms with Crippen LogP contribution in [0.25, 0.3) is 10.2 Å². The number of aromatic nitrogens is 1. The molecule has 17 heavy (non-hydrogen) atoms. The zero-order chi connectivity index (χ0) is 12.3. The molecule has 90 valence electrons. The van der Waals surface area contributed by atoms with Crippen molar-refractivity contribution in [3.63, 3.8) is 0 Å². The van der Waals surface area contributed by atoms with Gasteiger partial charge in [0.25, 0.3) is 5.91 Å². The van der Waals surface area contributed by atoms with Gasteiger partial charge in [0.2, 0.25) is 0 Å². The van der Waals surface area contributed by atoms with Crippen LogP contribution in [0.2, 0.25) is 0 Å². The molecule has 1 atom stereocenters. The van der Waals surface area contributed by atoms with Crippen LogP contribution in [0.5, 0.6) is 0 Å². The van der Waals surface area contributed by atoms with Crippen molar-refractivity contribution in [2.24, 2.45) is 5.73 Å². The second kappa shape index (κ2) is 5.22. The molecule has 1 amide bonds. The van der Waals surface area contributed by atoms with Crippen LogP contribution < -0.4 is 11.1 Å². The topological polar surface area (TPSA) is 77.2 Å². The Bertz CT molecular complexity index is 489. The third kappa shape index (κ3) is 2.60. The molecular weight excluding hydrogens is 238 g/mol. The number of nitrogens with one attached hydrogen (secondary N) is 1. The summed E-state index contributed by atoms with van der Waals surface area (Å²) in [5.74, 6) is -0.269. The van der Waals surface area contributed by atoms with Crippen LogP contribution in [0.1, 0.15) is 0 Å². The molecule has 0 radical (unpaired) electrons. The predicted molar refractivity (Wildman–Crippen MR) is 68.1 cm³/mol.